The van der Waals surface area contributed by atoms with Gasteiger partial charge < -0.3 is 69.6 Å². The smallest absolute Gasteiger partial charge is 0.246 e. The number of carbonyl (C=O) groups is 8. The van der Waals surface area contributed by atoms with Gasteiger partial charge in [-0.3, -0.25) is 38.4 Å². The number of nitrogens with one attached hydrogen (secondary N) is 8. The van der Waals surface area contributed by atoms with Crippen molar-refractivity contribution < 1.29 is 48.6 Å². The van der Waals surface area contributed by atoms with Crippen molar-refractivity contribution in [2.45, 2.75) is 125 Å². The number of carbonyl (C=O) groups excluding carboxylic acids is 8. The molecule has 1 saturated carbocycles. The molecule has 0 saturated heterocycles. The molecule has 21 nitrogen and oxygen atoms in total. The number of aliphatic hydroxyl groups is 1. The molecule has 1 fully saturated rings. The third-order valence-electron chi connectivity index (χ3n) is 12.9. The zero-order valence-corrected chi connectivity index (χ0v) is 43.0. The lowest BCUT2D eigenvalue weighted by molar-refractivity contribution is -0.138. The molecule has 1 aliphatic carbocycles. The highest BCUT2D eigenvalue weighted by Gasteiger charge is 2.45. The number of H-pyrrole nitrogens is 1. The van der Waals surface area contributed by atoms with Crippen LogP contribution in [-0.2, 0) is 57.6 Å². The molecule has 8 atom stereocenters. The number of unbranched alkanes of at least 4 members (excludes halogenated alkanes) is 1. The number of aromatic amines is 1. The second-order valence-corrected chi connectivity index (χ2v) is 19.3. The molecule has 8 amide bonds. The molecule has 1 heterocycles. The van der Waals surface area contributed by atoms with Crippen LogP contribution in [0.3, 0.4) is 0 Å². The first kappa shape index (κ1) is 58.2. The zero-order valence-electron chi connectivity index (χ0n) is 41.2. The lowest BCUT2D eigenvalue weighted by Gasteiger charge is -2.33. The van der Waals surface area contributed by atoms with Gasteiger partial charge >= 0.3 is 0 Å². The summed E-state index contributed by atoms with van der Waals surface area (Å²) >= 11 is 8.55. The minimum absolute atomic E-state index is 0.0403. The van der Waals surface area contributed by atoms with Crippen molar-refractivity contribution in [1.29, 1.82) is 0 Å². The fourth-order valence-electron chi connectivity index (χ4n) is 8.70. The number of hydrogen-bond acceptors (Lipinski definition) is 14. The second-order valence-electron chi connectivity index (χ2n) is 18.6. The summed E-state index contributed by atoms with van der Waals surface area (Å²) < 4.78 is 0. The van der Waals surface area contributed by atoms with E-state index in [2.05, 4.69) is 67.5 Å². The third-order valence-corrected chi connectivity index (χ3v) is 13.6. The number of rotatable bonds is 28. The van der Waals surface area contributed by atoms with Crippen LogP contribution >= 0.6 is 25.3 Å². The van der Waals surface area contributed by atoms with Crippen molar-refractivity contribution in [1.82, 2.24) is 42.2 Å². The van der Waals surface area contributed by atoms with Crippen LogP contribution in [0.5, 0.6) is 5.75 Å². The van der Waals surface area contributed by atoms with E-state index in [1.54, 1.807) is 18.3 Å². The summed E-state index contributed by atoms with van der Waals surface area (Å²) in [5.41, 5.74) is 18.6. The van der Waals surface area contributed by atoms with Gasteiger partial charge in [0.05, 0.1) is 12.1 Å². The van der Waals surface area contributed by atoms with E-state index in [1.165, 1.54) is 19.1 Å². The highest BCUT2D eigenvalue weighted by molar-refractivity contribution is 7.80. The van der Waals surface area contributed by atoms with Crippen LogP contribution in [-0.4, -0.2) is 134 Å². The number of benzene rings is 3. The van der Waals surface area contributed by atoms with Crippen molar-refractivity contribution >= 4 is 83.4 Å². The predicted molar refractivity (Wildman–Crippen MR) is 284 cm³/mol. The third kappa shape index (κ3) is 16.4. The first-order valence-electron chi connectivity index (χ1n) is 24.5. The van der Waals surface area contributed by atoms with Crippen LogP contribution in [0, 0.1) is 0 Å². The van der Waals surface area contributed by atoms with E-state index in [9.17, 15) is 48.6 Å². The van der Waals surface area contributed by atoms with Gasteiger partial charge in [-0.1, -0.05) is 73.5 Å². The second kappa shape index (κ2) is 28.1. The zero-order chi connectivity index (χ0) is 54.0. The molecule has 5 rings (SSSR count). The number of amides is 8. The topological polar surface area (TPSA) is 355 Å². The Balaban J connectivity index is 1.41. The predicted octanol–water partition coefficient (Wildman–Crippen LogP) is -0.579. The van der Waals surface area contributed by atoms with E-state index in [4.69, 9.17) is 17.2 Å². The van der Waals surface area contributed by atoms with Crippen LogP contribution in [0.1, 0.15) is 68.6 Å². The van der Waals surface area contributed by atoms with Gasteiger partial charge in [0.1, 0.15) is 47.5 Å². The molecule has 0 bridgehead atoms. The number of phenolic OH excluding ortho intramolecular Hbond substituents is 1. The average Bonchev–Trinajstić information content (AvgIpc) is 4.04. The van der Waals surface area contributed by atoms with Gasteiger partial charge in [0, 0.05) is 41.4 Å². The Kier molecular flexibility index (Phi) is 22.1. The molecule has 1 aromatic heterocycles. The summed E-state index contributed by atoms with van der Waals surface area (Å²) in [6.45, 7) is 1.54. The molecule has 0 unspecified atom stereocenters. The molecule has 0 radical (unpaired) electrons. The molecule has 3 aromatic carbocycles. The van der Waals surface area contributed by atoms with E-state index in [-0.39, 0.29) is 62.3 Å². The van der Waals surface area contributed by atoms with E-state index in [1.807, 2.05) is 54.6 Å². The Morgan fingerprint density at radius 1 is 0.649 bits per heavy atom. The average molecular weight is 1060 g/mol. The normalized spacial score (nSPS) is 16.2. The minimum Gasteiger partial charge on any atom is -0.508 e. The Bertz CT molecular complexity index is 2560. The summed E-state index contributed by atoms with van der Waals surface area (Å²) in [5.74, 6) is -6.68. The van der Waals surface area contributed by atoms with Crippen LogP contribution in [0.2, 0.25) is 0 Å². The Labute approximate surface area is 440 Å². The van der Waals surface area contributed by atoms with Crippen molar-refractivity contribution in [2.24, 2.45) is 17.2 Å². The van der Waals surface area contributed by atoms with Gasteiger partial charge in [0.25, 0.3) is 0 Å². The lowest BCUT2D eigenvalue weighted by atomic mass is 9.94. The molecular formula is C51H69N11O10S2. The molecule has 1 aliphatic rings. The lowest BCUT2D eigenvalue weighted by Crippen LogP contribution is -2.65. The van der Waals surface area contributed by atoms with Gasteiger partial charge in [-0.05, 0) is 86.9 Å². The van der Waals surface area contributed by atoms with Gasteiger partial charge in [0.2, 0.25) is 47.3 Å². The number of primary amides is 1. The number of thiol groups is 2. The maximum Gasteiger partial charge on any atom is 0.246 e. The van der Waals surface area contributed by atoms with Gasteiger partial charge in [-0.25, -0.2) is 0 Å². The van der Waals surface area contributed by atoms with Crippen LogP contribution in [0.4, 0.5) is 0 Å². The SMILES string of the molecule is C[C@@H](O)[C@H](NC(=O)[C@H](CS)NC(=O)C1(NC(=O)[C@H](CCCCN)NC(=O)[C@@H](Cc2c[nH]c3ccccc23)NC(=O)[C@H](Cc2ccc(O)cc2)NC(=O)[C@H](CS)NC(=O)[C@H](N)Cc2ccccc2)CCCC1)C(N)=O. The number of aromatic hydroxyl groups is 1. The number of phenols is 1. The number of para-hydroxylation sites is 1. The van der Waals surface area contributed by atoms with Gasteiger partial charge in [-0.2, -0.15) is 25.3 Å². The van der Waals surface area contributed by atoms with Crippen molar-refractivity contribution in [2.75, 3.05) is 18.1 Å². The summed E-state index contributed by atoms with van der Waals surface area (Å²) in [6, 6.07) is 13.3. The number of hydrogen-bond donors (Lipinski definition) is 15. The standard InChI is InChI=1S/C51H69N11O10S2/c1-29(63)42(43(54)65)61-48(70)41(28-74)60-50(72)51(20-8-9-21-51)62-49(71)37(15-7-10-22-52)56-46(68)39(25-32-26-55-36-14-6-5-13-34(32)36)58-45(67)38(24-31-16-18-33(64)19-17-31)57-47(69)40(27-73)59-44(66)35(53)23-30-11-3-2-4-12-30/h2-6,11-14,16-19,26,29,35,37-42,55,63-64,73-74H,7-10,15,20-25,27-28,52-53H2,1H3,(H2,54,65)(H,56,68)(H,57,69)(H,58,67)(H,59,66)(H,60,72)(H,61,70)(H,62,71)/t29-,35-,37+,38+,39-,40+,41+,42+/m1/s1. The summed E-state index contributed by atoms with van der Waals surface area (Å²) in [4.78, 5) is 114. The van der Waals surface area contributed by atoms with Crippen LogP contribution in [0.15, 0.2) is 85.1 Å². The Morgan fingerprint density at radius 3 is 1.80 bits per heavy atom. The Morgan fingerprint density at radius 2 is 1.19 bits per heavy atom. The number of fused-ring (bicyclic) bond motifs is 1. The maximum absolute atomic E-state index is 14.8. The summed E-state index contributed by atoms with van der Waals surface area (Å²) in [6.07, 6.45) is 2.66. The molecule has 23 heteroatoms. The highest BCUT2D eigenvalue weighted by atomic mass is 32.1. The molecule has 0 aliphatic heterocycles. The molecule has 4 aromatic rings. The first-order chi connectivity index (χ1) is 35.4. The van der Waals surface area contributed by atoms with Crippen molar-refractivity contribution in [3.05, 3.63) is 102 Å². The highest BCUT2D eigenvalue weighted by Crippen LogP contribution is 2.31. The van der Waals surface area contributed by atoms with Gasteiger partial charge in [0.15, 0.2) is 0 Å². The maximum atomic E-state index is 14.8. The quantitative estimate of drug-likeness (QED) is 0.0251. The first-order valence-corrected chi connectivity index (χ1v) is 25.8. The van der Waals surface area contributed by atoms with Crippen molar-refractivity contribution in [3.63, 3.8) is 0 Å². The molecular weight excluding hydrogens is 991 g/mol. The monoisotopic (exact) mass is 1060 g/mol. The fraction of sp³-hybridized carbons (Fsp3) is 0.451. The molecule has 74 heavy (non-hydrogen) atoms. The fourth-order valence-corrected chi connectivity index (χ4v) is 9.22. The number of aromatic nitrogens is 1. The number of nitrogens with two attached hydrogens (primary N) is 3. The van der Waals surface area contributed by atoms with E-state index >= 15 is 0 Å². The largest absolute Gasteiger partial charge is 0.508 e. The molecule has 0 spiro atoms. The van der Waals surface area contributed by atoms with E-state index in [0.717, 1.165) is 16.5 Å². The van der Waals surface area contributed by atoms with Crippen LogP contribution in [0.25, 0.3) is 10.9 Å². The molecule has 400 valence electrons. The van der Waals surface area contributed by atoms with E-state index in [0.29, 0.717) is 36.8 Å². The number of aliphatic hydroxyl groups excluding tert-OH is 1. The summed E-state index contributed by atoms with van der Waals surface area (Å²) in [7, 11) is 0. The summed E-state index contributed by atoms with van der Waals surface area (Å²) in [5, 5.41) is 39.6. The minimum atomic E-state index is -1.53. The van der Waals surface area contributed by atoms with Crippen molar-refractivity contribution in [3.8, 4) is 5.75 Å². The van der Waals surface area contributed by atoms with Gasteiger partial charge in [-0.15, -0.1) is 0 Å². The van der Waals surface area contributed by atoms with E-state index < -0.39 is 101 Å². The molecule has 16 N–H and O–H groups in total. The Hall–Kier alpha value is -6.66. The van der Waals surface area contributed by atoms with Crippen LogP contribution < -0.4 is 54.4 Å².